The summed E-state index contributed by atoms with van der Waals surface area (Å²) in [6.07, 6.45) is 1.46. The van der Waals surface area contributed by atoms with Gasteiger partial charge in [-0.15, -0.1) is 0 Å². The summed E-state index contributed by atoms with van der Waals surface area (Å²) in [5, 5.41) is 2.73. The Morgan fingerprint density at radius 2 is 1.87 bits per heavy atom. The van der Waals surface area contributed by atoms with Gasteiger partial charge in [0.05, 0.1) is 6.61 Å². The Labute approximate surface area is 137 Å². The molecule has 0 atom stereocenters. The number of carbonyl (C=O) groups excluding carboxylic acids is 1. The number of carbonyl (C=O) groups is 1. The van der Waals surface area contributed by atoms with Crippen LogP contribution in [0.25, 0.3) is 0 Å². The number of hydrogen-bond acceptors (Lipinski definition) is 3. The van der Waals surface area contributed by atoms with Crippen molar-refractivity contribution in [3.63, 3.8) is 0 Å². The second-order valence-corrected chi connectivity index (χ2v) is 5.19. The van der Waals surface area contributed by atoms with Gasteiger partial charge in [-0.25, -0.2) is 4.79 Å². The molecular formula is C19H23NO3. The van der Waals surface area contributed by atoms with E-state index in [-0.39, 0.29) is 0 Å². The first-order valence-electron chi connectivity index (χ1n) is 7.96. The third-order valence-corrected chi connectivity index (χ3v) is 3.34. The number of nitrogens with one attached hydrogen (secondary N) is 1. The molecule has 0 aliphatic heterocycles. The van der Waals surface area contributed by atoms with Gasteiger partial charge in [0.25, 0.3) is 0 Å². The second kappa shape index (κ2) is 8.83. The van der Waals surface area contributed by atoms with Crippen LogP contribution in [0.2, 0.25) is 0 Å². The van der Waals surface area contributed by atoms with Crippen LogP contribution in [0, 0.1) is 0 Å². The minimum absolute atomic E-state index is 0.353. The van der Waals surface area contributed by atoms with E-state index >= 15 is 0 Å². The number of benzene rings is 2. The van der Waals surface area contributed by atoms with Crippen molar-refractivity contribution in [1.29, 1.82) is 0 Å². The Hall–Kier alpha value is -2.49. The third-order valence-electron chi connectivity index (χ3n) is 3.34. The van der Waals surface area contributed by atoms with Gasteiger partial charge in [0, 0.05) is 5.69 Å². The summed E-state index contributed by atoms with van der Waals surface area (Å²) in [6, 6.07) is 15.7. The summed E-state index contributed by atoms with van der Waals surface area (Å²) in [6.45, 7) is 4.78. The smallest absolute Gasteiger partial charge is 0.411 e. The van der Waals surface area contributed by atoms with E-state index in [1.54, 1.807) is 6.92 Å². The maximum Gasteiger partial charge on any atom is 0.411 e. The van der Waals surface area contributed by atoms with Crippen LogP contribution >= 0.6 is 0 Å². The van der Waals surface area contributed by atoms with Gasteiger partial charge in [-0.3, -0.25) is 5.32 Å². The number of aryl methyl sites for hydroxylation is 1. The van der Waals surface area contributed by atoms with Crippen molar-refractivity contribution in [2.45, 2.75) is 33.3 Å². The molecule has 2 aromatic carbocycles. The first-order chi connectivity index (χ1) is 11.2. The van der Waals surface area contributed by atoms with E-state index in [0.717, 1.165) is 35.4 Å². The predicted molar refractivity (Wildman–Crippen MR) is 91.9 cm³/mol. The summed E-state index contributed by atoms with van der Waals surface area (Å²) >= 11 is 0. The summed E-state index contributed by atoms with van der Waals surface area (Å²) in [5.74, 6) is 0.852. The van der Waals surface area contributed by atoms with Gasteiger partial charge in [-0.2, -0.15) is 0 Å². The van der Waals surface area contributed by atoms with Gasteiger partial charge in [0.15, 0.2) is 0 Å². The fourth-order valence-electron chi connectivity index (χ4n) is 2.28. The molecule has 0 heterocycles. The van der Waals surface area contributed by atoms with Crippen molar-refractivity contribution < 1.29 is 14.3 Å². The average molecular weight is 313 g/mol. The molecule has 1 N–H and O–H groups in total. The van der Waals surface area contributed by atoms with E-state index in [2.05, 4.69) is 12.2 Å². The molecule has 0 saturated carbocycles. The molecule has 0 fully saturated rings. The van der Waals surface area contributed by atoms with E-state index in [9.17, 15) is 4.79 Å². The van der Waals surface area contributed by atoms with E-state index in [1.165, 1.54) is 0 Å². The van der Waals surface area contributed by atoms with E-state index in [4.69, 9.17) is 9.47 Å². The monoisotopic (exact) mass is 313 g/mol. The van der Waals surface area contributed by atoms with Gasteiger partial charge in [-0.1, -0.05) is 43.7 Å². The highest BCUT2D eigenvalue weighted by Gasteiger charge is 2.08. The maximum atomic E-state index is 11.5. The lowest BCUT2D eigenvalue weighted by atomic mass is 10.1. The van der Waals surface area contributed by atoms with Crippen LogP contribution in [0.15, 0.2) is 48.5 Å². The molecule has 0 saturated heterocycles. The number of ether oxygens (including phenoxy) is 2. The molecule has 0 aliphatic rings. The molecule has 0 radical (unpaired) electrons. The van der Waals surface area contributed by atoms with Crippen molar-refractivity contribution in [3.05, 3.63) is 59.7 Å². The van der Waals surface area contributed by atoms with E-state index < -0.39 is 6.09 Å². The zero-order chi connectivity index (χ0) is 16.5. The Morgan fingerprint density at radius 3 is 2.57 bits per heavy atom. The van der Waals surface area contributed by atoms with Gasteiger partial charge in [0.1, 0.15) is 12.4 Å². The van der Waals surface area contributed by atoms with Crippen molar-refractivity contribution in [2.75, 3.05) is 11.9 Å². The quantitative estimate of drug-likeness (QED) is 0.799. The van der Waals surface area contributed by atoms with E-state index in [0.29, 0.717) is 13.2 Å². The summed E-state index contributed by atoms with van der Waals surface area (Å²) in [4.78, 5) is 11.5. The van der Waals surface area contributed by atoms with Crippen LogP contribution < -0.4 is 10.1 Å². The second-order valence-electron chi connectivity index (χ2n) is 5.19. The molecule has 122 valence electrons. The number of amides is 1. The zero-order valence-corrected chi connectivity index (χ0v) is 13.7. The molecule has 2 rings (SSSR count). The lowest BCUT2D eigenvalue weighted by Gasteiger charge is -2.13. The molecule has 0 aromatic heterocycles. The molecule has 4 heteroatoms. The fraction of sp³-hybridized carbons (Fsp3) is 0.316. The van der Waals surface area contributed by atoms with Crippen LogP contribution in [0.5, 0.6) is 5.75 Å². The van der Waals surface area contributed by atoms with Crippen molar-refractivity contribution in [1.82, 2.24) is 0 Å². The Bertz CT molecular complexity index is 626. The third kappa shape index (κ3) is 5.33. The first kappa shape index (κ1) is 16.9. The first-order valence-corrected chi connectivity index (χ1v) is 7.96. The molecule has 0 unspecified atom stereocenters. The lowest BCUT2D eigenvalue weighted by molar-refractivity contribution is 0.168. The van der Waals surface area contributed by atoms with Crippen molar-refractivity contribution in [3.8, 4) is 5.75 Å². The highest BCUT2D eigenvalue weighted by molar-refractivity contribution is 5.84. The zero-order valence-electron chi connectivity index (χ0n) is 13.7. The molecule has 0 aliphatic carbocycles. The molecule has 1 amide bonds. The Balaban J connectivity index is 2.07. The number of hydrogen-bond donors (Lipinski definition) is 1. The molecule has 2 aromatic rings. The van der Waals surface area contributed by atoms with Gasteiger partial charge in [0.2, 0.25) is 0 Å². The minimum atomic E-state index is -0.437. The van der Waals surface area contributed by atoms with Crippen LogP contribution in [0.4, 0.5) is 10.5 Å². The van der Waals surface area contributed by atoms with Crippen molar-refractivity contribution in [2.24, 2.45) is 0 Å². The maximum absolute atomic E-state index is 11.5. The molecular weight excluding hydrogens is 290 g/mol. The van der Waals surface area contributed by atoms with Crippen molar-refractivity contribution >= 4 is 11.8 Å². The molecule has 0 spiro atoms. The molecule has 23 heavy (non-hydrogen) atoms. The Kier molecular flexibility index (Phi) is 6.48. The highest BCUT2D eigenvalue weighted by atomic mass is 16.5. The lowest BCUT2D eigenvalue weighted by Crippen LogP contribution is -2.13. The number of anilines is 1. The van der Waals surface area contributed by atoms with Crippen LogP contribution in [-0.2, 0) is 17.8 Å². The van der Waals surface area contributed by atoms with Gasteiger partial charge >= 0.3 is 6.09 Å². The SMILES string of the molecule is CCCc1cc(NC(=O)OCC)ccc1OCc1ccccc1. The largest absolute Gasteiger partial charge is 0.489 e. The van der Waals surface area contributed by atoms with Crippen LogP contribution in [0.1, 0.15) is 31.4 Å². The highest BCUT2D eigenvalue weighted by Crippen LogP contribution is 2.25. The summed E-state index contributed by atoms with van der Waals surface area (Å²) in [5.41, 5.74) is 2.93. The topological polar surface area (TPSA) is 47.6 Å². The summed E-state index contributed by atoms with van der Waals surface area (Å²) < 4.78 is 10.8. The van der Waals surface area contributed by atoms with Crippen LogP contribution in [0.3, 0.4) is 0 Å². The number of rotatable bonds is 7. The fourth-order valence-corrected chi connectivity index (χ4v) is 2.28. The Morgan fingerprint density at radius 1 is 1.09 bits per heavy atom. The molecule has 0 bridgehead atoms. The van der Waals surface area contributed by atoms with Gasteiger partial charge < -0.3 is 9.47 Å². The van der Waals surface area contributed by atoms with Crippen LogP contribution in [-0.4, -0.2) is 12.7 Å². The average Bonchev–Trinajstić information content (AvgIpc) is 2.55. The summed E-state index contributed by atoms with van der Waals surface area (Å²) in [7, 11) is 0. The van der Waals surface area contributed by atoms with E-state index in [1.807, 2.05) is 48.5 Å². The predicted octanol–water partition coefficient (Wildman–Crippen LogP) is 4.79. The minimum Gasteiger partial charge on any atom is -0.489 e. The van der Waals surface area contributed by atoms with Gasteiger partial charge in [-0.05, 0) is 42.7 Å². The standard InChI is InChI=1S/C19H23NO3/c1-3-8-16-13-17(20-19(21)22-4-2)11-12-18(16)23-14-15-9-6-5-7-10-15/h5-7,9-13H,3-4,8,14H2,1-2H3,(H,20,21). The molecule has 4 nitrogen and oxygen atoms in total. The normalized spacial score (nSPS) is 10.2.